The summed E-state index contributed by atoms with van der Waals surface area (Å²) in [5.41, 5.74) is 0.646. The molecule has 1 aromatic rings. The number of amides is 1. The highest BCUT2D eigenvalue weighted by Gasteiger charge is 2.22. The molecule has 0 aliphatic carbocycles. The van der Waals surface area contributed by atoms with Crippen LogP contribution in [0, 0.1) is 0 Å². The van der Waals surface area contributed by atoms with Crippen molar-refractivity contribution in [3.63, 3.8) is 0 Å². The fourth-order valence-corrected chi connectivity index (χ4v) is 1.95. The summed E-state index contributed by atoms with van der Waals surface area (Å²) in [6, 6.07) is 7.89. The molecule has 4 heteroatoms. The Kier molecular flexibility index (Phi) is 5.35. The second-order valence-electron chi connectivity index (χ2n) is 5.07. The molecule has 1 rings (SSSR count). The number of aliphatic hydroxyl groups is 1. The zero-order chi connectivity index (χ0) is 13.8. The van der Waals surface area contributed by atoms with Gasteiger partial charge in [0.25, 0.3) is 0 Å². The first-order valence-corrected chi connectivity index (χ1v) is 6.85. The molecule has 2 N–H and O–H groups in total. The highest BCUT2D eigenvalue weighted by Crippen LogP contribution is 2.22. The first-order valence-electron chi connectivity index (χ1n) is 6.06. The van der Waals surface area contributed by atoms with Crippen molar-refractivity contribution in [2.45, 2.75) is 45.3 Å². The first-order chi connectivity index (χ1) is 8.31. The fraction of sp³-hybridized carbons (Fsp3) is 0.500. The van der Waals surface area contributed by atoms with Gasteiger partial charge >= 0.3 is 0 Å². The van der Waals surface area contributed by atoms with E-state index in [0.29, 0.717) is 12.8 Å². The molecule has 1 aromatic carbocycles. The molecule has 0 heterocycles. The van der Waals surface area contributed by atoms with Crippen molar-refractivity contribution in [3.8, 4) is 0 Å². The summed E-state index contributed by atoms with van der Waals surface area (Å²) >= 11 is 3.39. The van der Waals surface area contributed by atoms with E-state index in [1.165, 1.54) is 0 Å². The molecule has 1 amide bonds. The Bertz CT molecular complexity index is 399. The van der Waals surface area contributed by atoms with Crippen LogP contribution in [0.1, 0.15) is 39.2 Å². The molecule has 3 nitrogen and oxygen atoms in total. The van der Waals surface area contributed by atoms with E-state index in [9.17, 15) is 4.79 Å². The third-order valence-corrected chi connectivity index (χ3v) is 3.34. The fourth-order valence-electron chi connectivity index (χ4n) is 1.69. The molecule has 0 saturated carbocycles. The van der Waals surface area contributed by atoms with Crippen LogP contribution in [0.15, 0.2) is 28.7 Å². The van der Waals surface area contributed by atoms with Gasteiger partial charge in [0.15, 0.2) is 0 Å². The number of carbonyl (C=O) groups is 1. The van der Waals surface area contributed by atoms with E-state index in [1.807, 2.05) is 38.1 Å². The van der Waals surface area contributed by atoms with Gasteiger partial charge in [0.2, 0.25) is 5.91 Å². The van der Waals surface area contributed by atoms with Gasteiger partial charge < -0.3 is 10.4 Å². The topological polar surface area (TPSA) is 49.3 Å². The summed E-state index contributed by atoms with van der Waals surface area (Å²) in [4.78, 5) is 11.8. The van der Waals surface area contributed by atoms with Crippen LogP contribution in [0.5, 0.6) is 0 Å². The molecule has 1 atom stereocenters. The highest BCUT2D eigenvalue weighted by atomic mass is 79.9. The molecule has 0 spiro atoms. The molecule has 0 radical (unpaired) electrons. The minimum atomic E-state index is -0.438. The zero-order valence-corrected chi connectivity index (χ0v) is 12.6. The van der Waals surface area contributed by atoms with Crippen LogP contribution >= 0.6 is 15.9 Å². The smallest absolute Gasteiger partial charge is 0.220 e. The quantitative estimate of drug-likeness (QED) is 0.878. The van der Waals surface area contributed by atoms with Gasteiger partial charge in [-0.05, 0) is 44.9 Å². The molecule has 0 saturated heterocycles. The van der Waals surface area contributed by atoms with Crippen molar-refractivity contribution in [2.24, 2.45) is 0 Å². The van der Waals surface area contributed by atoms with Crippen LogP contribution < -0.4 is 5.32 Å². The average molecular weight is 314 g/mol. The number of carbonyl (C=O) groups excluding carboxylic acids is 1. The Morgan fingerprint density at radius 2 is 1.94 bits per heavy atom. The van der Waals surface area contributed by atoms with E-state index in [1.54, 1.807) is 6.92 Å². The first kappa shape index (κ1) is 15.2. The number of nitrogens with one attached hydrogen (secondary N) is 1. The Labute approximate surface area is 117 Å². The number of benzene rings is 1. The van der Waals surface area contributed by atoms with Crippen molar-refractivity contribution in [1.29, 1.82) is 0 Å². The summed E-state index contributed by atoms with van der Waals surface area (Å²) in [6.45, 7) is 5.63. The molecule has 0 aromatic heterocycles. The lowest BCUT2D eigenvalue weighted by atomic mass is 9.94. The average Bonchev–Trinajstić information content (AvgIpc) is 2.26. The van der Waals surface area contributed by atoms with E-state index < -0.39 is 11.6 Å². The third-order valence-electron chi connectivity index (χ3n) is 2.81. The molecule has 18 heavy (non-hydrogen) atoms. The van der Waals surface area contributed by atoms with Crippen LogP contribution in [-0.2, 0) is 10.3 Å². The summed E-state index contributed by atoms with van der Waals surface area (Å²) in [5.74, 6) is -0.0381. The lowest BCUT2D eigenvalue weighted by Crippen LogP contribution is -2.41. The number of aliphatic hydroxyl groups excluding tert-OH is 1. The molecule has 0 fully saturated rings. The monoisotopic (exact) mass is 313 g/mol. The van der Waals surface area contributed by atoms with Crippen LogP contribution in [0.2, 0.25) is 0 Å². The summed E-state index contributed by atoms with van der Waals surface area (Å²) in [6.07, 6.45) is 0.395. The summed E-state index contributed by atoms with van der Waals surface area (Å²) in [7, 11) is 0. The number of hydrogen-bond donors (Lipinski definition) is 2. The third kappa shape index (κ3) is 4.78. The van der Waals surface area contributed by atoms with E-state index in [2.05, 4.69) is 21.2 Å². The molecular formula is C14H20BrNO2. The van der Waals surface area contributed by atoms with E-state index >= 15 is 0 Å². The van der Waals surface area contributed by atoms with Crippen molar-refractivity contribution in [3.05, 3.63) is 34.3 Å². The van der Waals surface area contributed by atoms with Gasteiger partial charge in [-0.1, -0.05) is 28.1 Å². The number of halogens is 1. The molecular weight excluding hydrogens is 294 g/mol. The normalized spacial score (nSPS) is 13.2. The van der Waals surface area contributed by atoms with Gasteiger partial charge in [-0.15, -0.1) is 0 Å². The van der Waals surface area contributed by atoms with Gasteiger partial charge in [0, 0.05) is 10.9 Å². The van der Waals surface area contributed by atoms with Crippen molar-refractivity contribution < 1.29 is 9.90 Å². The van der Waals surface area contributed by atoms with E-state index in [-0.39, 0.29) is 5.91 Å². The van der Waals surface area contributed by atoms with Gasteiger partial charge in [-0.25, -0.2) is 0 Å². The standard InChI is InChI=1S/C14H20BrNO2/c1-10(17)4-9-13(18)16-14(2,3)11-5-7-12(15)8-6-11/h5-8,10,17H,4,9H2,1-3H3,(H,16,18). The Balaban J connectivity index is 2.63. The summed E-state index contributed by atoms with van der Waals surface area (Å²) < 4.78 is 1.02. The van der Waals surface area contributed by atoms with Crippen LogP contribution in [-0.4, -0.2) is 17.1 Å². The Morgan fingerprint density at radius 1 is 1.39 bits per heavy atom. The lowest BCUT2D eigenvalue weighted by molar-refractivity contribution is -0.123. The number of rotatable bonds is 5. The second-order valence-corrected chi connectivity index (χ2v) is 5.98. The molecule has 100 valence electrons. The SMILES string of the molecule is CC(O)CCC(=O)NC(C)(C)c1ccc(Br)cc1. The van der Waals surface area contributed by atoms with E-state index in [0.717, 1.165) is 10.0 Å². The predicted molar refractivity (Wildman–Crippen MR) is 76.2 cm³/mol. The maximum atomic E-state index is 11.8. The van der Waals surface area contributed by atoms with Crippen molar-refractivity contribution in [1.82, 2.24) is 5.32 Å². The van der Waals surface area contributed by atoms with Gasteiger partial charge in [0.05, 0.1) is 11.6 Å². The molecule has 0 bridgehead atoms. The molecule has 0 aliphatic heterocycles. The Hall–Kier alpha value is -0.870. The maximum absolute atomic E-state index is 11.8. The molecule has 0 aliphatic rings. The van der Waals surface area contributed by atoms with E-state index in [4.69, 9.17) is 5.11 Å². The van der Waals surface area contributed by atoms with Crippen molar-refractivity contribution >= 4 is 21.8 Å². The number of hydrogen-bond acceptors (Lipinski definition) is 2. The largest absolute Gasteiger partial charge is 0.393 e. The summed E-state index contributed by atoms with van der Waals surface area (Å²) in [5, 5.41) is 12.1. The van der Waals surface area contributed by atoms with Crippen LogP contribution in [0.3, 0.4) is 0 Å². The van der Waals surface area contributed by atoms with Crippen LogP contribution in [0.25, 0.3) is 0 Å². The van der Waals surface area contributed by atoms with Gasteiger partial charge in [-0.3, -0.25) is 4.79 Å². The maximum Gasteiger partial charge on any atom is 0.220 e. The minimum absolute atomic E-state index is 0.0381. The highest BCUT2D eigenvalue weighted by molar-refractivity contribution is 9.10. The molecule has 1 unspecified atom stereocenters. The predicted octanol–water partition coefficient (Wildman–Crippen LogP) is 2.96. The van der Waals surface area contributed by atoms with Gasteiger partial charge in [-0.2, -0.15) is 0 Å². The minimum Gasteiger partial charge on any atom is -0.393 e. The Morgan fingerprint density at radius 3 is 2.44 bits per heavy atom. The zero-order valence-electron chi connectivity index (χ0n) is 11.0. The lowest BCUT2D eigenvalue weighted by Gasteiger charge is -2.27. The van der Waals surface area contributed by atoms with Crippen LogP contribution in [0.4, 0.5) is 0 Å². The van der Waals surface area contributed by atoms with Crippen molar-refractivity contribution in [2.75, 3.05) is 0 Å². The van der Waals surface area contributed by atoms with Gasteiger partial charge in [0.1, 0.15) is 0 Å². The second kappa shape index (κ2) is 6.34.